The molecule has 1 heterocycles. The van der Waals surface area contributed by atoms with Gasteiger partial charge in [0.05, 0.1) is 7.11 Å². The fourth-order valence-electron chi connectivity index (χ4n) is 2.47. The second kappa shape index (κ2) is 8.82. The van der Waals surface area contributed by atoms with E-state index in [1.165, 1.54) is 0 Å². The first-order valence-electron chi connectivity index (χ1n) is 6.89. The second-order valence-corrected chi connectivity index (χ2v) is 4.97. The van der Waals surface area contributed by atoms with Gasteiger partial charge in [-0.05, 0) is 43.5 Å². The quantitative estimate of drug-likeness (QED) is 0.842. The van der Waals surface area contributed by atoms with Gasteiger partial charge in [0.1, 0.15) is 5.75 Å². The summed E-state index contributed by atoms with van der Waals surface area (Å²) in [5.41, 5.74) is 1.13. The van der Waals surface area contributed by atoms with Crippen molar-refractivity contribution in [1.29, 1.82) is 0 Å². The zero-order valence-corrected chi connectivity index (χ0v) is 12.7. The topological polar surface area (TPSA) is 50.4 Å². The Morgan fingerprint density at radius 2 is 2.25 bits per heavy atom. The van der Waals surface area contributed by atoms with Crippen molar-refractivity contribution in [2.24, 2.45) is 5.92 Å². The number of methoxy groups -OCH3 is 1. The maximum atomic E-state index is 11.8. The highest BCUT2D eigenvalue weighted by Gasteiger charge is 2.17. The Hall–Kier alpha value is -1.26. The smallest absolute Gasteiger partial charge is 0.220 e. The molecule has 1 aliphatic rings. The van der Waals surface area contributed by atoms with Gasteiger partial charge < -0.3 is 15.4 Å². The van der Waals surface area contributed by atoms with E-state index in [0.29, 0.717) is 18.9 Å². The molecule has 0 spiro atoms. The summed E-state index contributed by atoms with van der Waals surface area (Å²) in [6.07, 6.45) is 2.55. The molecule has 0 aromatic heterocycles. The zero-order chi connectivity index (χ0) is 13.5. The fraction of sp³-hybridized carbons (Fsp3) is 0.533. The average Bonchev–Trinajstić information content (AvgIpc) is 2.92. The van der Waals surface area contributed by atoms with E-state index in [1.54, 1.807) is 7.11 Å². The summed E-state index contributed by atoms with van der Waals surface area (Å²) in [6.45, 7) is 2.68. The van der Waals surface area contributed by atoms with Crippen LogP contribution in [0.15, 0.2) is 24.3 Å². The van der Waals surface area contributed by atoms with E-state index in [2.05, 4.69) is 10.6 Å². The van der Waals surface area contributed by atoms with Gasteiger partial charge in [-0.15, -0.1) is 12.4 Å². The normalized spacial score (nSPS) is 17.4. The molecular weight excluding hydrogens is 276 g/mol. The lowest BCUT2D eigenvalue weighted by atomic mass is 10.0. The lowest BCUT2D eigenvalue weighted by molar-refractivity contribution is -0.121. The Balaban J connectivity index is 0.00000200. The molecule has 0 radical (unpaired) electrons. The van der Waals surface area contributed by atoms with Crippen molar-refractivity contribution in [2.75, 3.05) is 26.7 Å². The summed E-state index contributed by atoms with van der Waals surface area (Å²) in [7, 11) is 1.67. The summed E-state index contributed by atoms with van der Waals surface area (Å²) in [5.74, 6) is 1.55. The highest BCUT2D eigenvalue weighted by Crippen LogP contribution is 2.17. The number of carbonyl (C=O) groups excluding carboxylic acids is 1. The van der Waals surface area contributed by atoms with Gasteiger partial charge in [0.2, 0.25) is 5.91 Å². The molecule has 2 rings (SSSR count). The number of carbonyl (C=O) groups is 1. The molecule has 0 bridgehead atoms. The van der Waals surface area contributed by atoms with Gasteiger partial charge in [-0.3, -0.25) is 4.79 Å². The molecule has 4 nitrogen and oxygen atoms in total. The molecule has 2 N–H and O–H groups in total. The van der Waals surface area contributed by atoms with E-state index in [1.807, 2.05) is 24.3 Å². The van der Waals surface area contributed by atoms with Gasteiger partial charge in [-0.25, -0.2) is 0 Å². The van der Waals surface area contributed by atoms with Crippen LogP contribution in [0.4, 0.5) is 0 Å². The van der Waals surface area contributed by atoms with Gasteiger partial charge >= 0.3 is 0 Å². The van der Waals surface area contributed by atoms with Gasteiger partial charge in [-0.1, -0.05) is 18.2 Å². The zero-order valence-electron chi connectivity index (χ0n) is 11.9. The minimum atomic E-state index is 0. The largest absolute Gasteiger partial charge is 0.496 e. The van der Waals surface area contributed by atoms with Crippen LogP contribution in [0.1, 0.15) is 18.4 Å². The van der Waals surface area contributed by atoms with Crippen LogP contribution < -0.4 is 15.4 Å². The van der Waals surface area contributed by atoms with Crippen LogP contribution in [0.25, 0.3) is 0 Å². The van der Waals surface area contributed by atoms with Crippen molar-refractivity contribution >= 4 is 18.3 Å². The highest BCUT2D eigenvalue weighted by molar-refractivity contribution is 5.85. The van der Waals surface area contributed by atoms with E-state index in [-0.39, 0.29) is 18.3 Å². The summed E-state index contributed by atoms with van der Waals surface area (Å²) in [4.78, 5) is 11.8. The Morgan fingerprint density at radius 3 is 2.95 bits per heavy atom. The van der Waals surface area contributed by atoms with Gasteiger partial charge in [0.25, 0.3) is 0 Å². The van der Waals surface area contributed by atoms with Crippen LogP contribution >= 0.6 is 12.4 Å². The summed E-state index contributed by atoms with van der Waals surface area (Å²) in [6, 6.07) is 7.92. The number of benzene rings is 1. The first-order valence-corrected chi connectivity index (χ1v) is 6.89. The van der Waals surface area contributed by atoms with Crippen molar-refractivity contribution in [1.82, 2.24) is 10.6 Å². The molecule has 1 saturated heterocycles. The molecule has 20 heavy (non-hydrogen) atoms. The van der Waals surface area contributed by atoms with Gasteiger partial charge in [0, 0.05) is 13.0 Å². The minimum absolute atomic E-state index is 0. The SMILES string of the molecule is COc1ccccc1CCNC(=O)CC1CCNC1.Cl. The molecule has 1 amide bonds. The molecule has 0 saturated carbocycles. The van der Waals surface area contributed by atoms with Gasteiger partial charge in [-0.2, -0.15) is 0 Å². The van der Waals surface area contributed by atoms with E-state index >= 15 is 0 Å². The Kier molecular flexibility index (Phi) is 7.41. The minimum Gasteiger partial charge on any atom is -0.496 e. The van der Waals surface area contributed by atoms with Crippen molar-refractivity contribution in [3.05, 3.63) is 29.8 Å². The van der Waals surface area contributed by atoms with Crippen molar-refractivity contribution < 1.29 is 9.53 Å². The first kappa shape index (κ1) is 16.8. The molecule has 1 unspecified atom stereocenters. The van der Waals surface area contributed by atoms with E-state index in [0.717, 1.165) is 37.2 Å². The summed E-state index contributed by atoms with van der Waals surface area (Å²) in [5, 5.41) is 6.27. The van der Waals surface area contributed by atoms with E-state index in [9.17, 15) is 4.79 Å². The van der Waals surface area contributed by atoms with Crippen LogP contribution in [0.2, 0.25) is 0 Å². The standard InChI is InChI=1S/C15H22N2O2.ClH/c1-19-14-5-3-2-4-13(14)7-9-17-15(18)10-12-6-8-16-11-12;/h2-5,12,16H,6-11H2,1H3,(H,17,18);1H. The number of para-hydroxylation sites is 1. The Labute approximate surface area is 126 Å². The van der Waals surface area contributed by atoms with Gasteiger partial charge in [0.15, 0.2) is 0 Å². The van der Waals surface area contributed by atoms with Crippen LogP contribution in [0.5, 0.6) is 5.75 Å². The number of ether oxygens (including phenoxy) is 1. The number of amides is 1. The van der Waals surface area contributed by atoms with Crippen LogP contribution in [-0.4, -0.2) is 32.7 Å². The molecule has 0 aliphatic carbocycles. The molecule has 1 fully saturated rings. The third-order valence-corrected chi connectivity index (χ3v) is 3.55. The Morgan fingerprint density at radius 1 is 1.45 bits per heavy atom. The maximum Gasteiger partial charge on any atom is 0.220 e. The highest BCUT2D eigenvalue weighted by atomic mass is 35.5. The number of rotatable bonds is 6. The third-order valence-electron chi connectivity index (χ3n) is 3.55. The summed E-state index contributed by atoms with van der Waals surface area (Å²) >= 11 is 0. The van der Waals surface area contributed by atoms with Crippen molar-refractivity contribution in [3.63, 3.8) is 0 Å². The molecule has 112 valence electrons. The predicted octanol–water partition coefficient (Wildman–Crippen LogP) is 1.78. The van der Waals surface area contributed by atoms with Crippen molar-refractivity contribution in [3.8, 4) is 5.75 Å². The molecule has 5 heteroatoms. The molecule has 1 aromatic rings. The molecular formula is C15H23ClN2O2. The number of halogens is 1. The molecule has 1 atom stereocenters. The fourth-order valence-corrected chi connectivity index (χ4v) is 2.47. The van der Waals surface area contributed by atoms with Crippen LogP contribution in [-0.2, 0) is 11.2 Å². The third kappa shape index (κ3) is 5.02. The summed E-state index contributed by atoms with van der Waals surface area (Å²) < 4.78 is 5.29. The Bertz CT molecular complexity index is 420. The van der Waals surface area contributed by atoms with Crippen LogP contribution in [0.3, 0.4) is 0 Å². The van der Waals surface area contributed by atoms with E-state index in [4.69, 9.17) is 4.74 Å². The van der Waals surface area contributed by atoms with Crippen LogP contribution in [0, 0.1) is 5.92 Å². The maximum absolute atomic E-state index is 11.8. The first-order chi connectivity index (χ1) is 9.29. The molecule has 1 aliphatic heterocycles. The van der Waals surface area contributed by atoms with Crippen molar-refractivity contribution in [2.45, 2.75) is 19.3 Å². The monoisotopic (exact) mass is 298 g/mol. The predicted molar refractivity (Wildman–Crippen MR) is 82.5 cm³/mol. The van der Waals surface area contributed by atoms with E-state index < -0.39 is 0 Å². The lowest BCUT2D eigenvalue weighted by Crippen LogP contribution is -2.28. The average molecular weight is 299 g/mol. The number of hydrogen-bond acceptors (Lipinski definition) is 3. The lowest BCUT2D eigenvalue weighted by Gasteiger charge is -2.11. The number of hydrogen-bond donors (Lipinski definition) is 2. The number of nitrogens with one attached hydrogen (secondary N) is 2. The molecule has 1 aromatic carbocycles. The second-order valence-electron chi connectivity index (χ2n) is 4.97.